The number of anilines is 1. The Labute approximate surface area is 194 Å². The lowest BCUT2D eigenvalue weighted by Gasteiger charge is -2.17. The number of carbonyl (C=O) groups excluding carboxylic acids is 2. The minimum absolute atomic E-state index is 0.0286. The van der Waals surface area contributed by atoms with Gasteiger partial charge in [0.1, 0.15) is 11.6 Å². The Kier molecular flexibility index (Phi) is 8.18. The molecule has 2 heterocycles. The van der Waals surface area contributed by atoms with Crippen LogP contribution in [0.25, 0.3) is 0 Å². The Morgan fingerprint density at radius 3 is 2.61 bits per heavy atom. The summed E-state index contributed by atoms with van der Waals surface area (Å²) >= 11 is 0. The normalized spacial score (nSPS) is 13.0. The van der Waals surface area contributed by atoms with Gasteiger partial charge in [0.15, 0.2) is 0 Å². The van der Waals surface area contributed by atoms with Gasteiger partial charge >= 0.3 is 0 Å². The van der Waals surface area contributed by atoms with Crippen LogP contribution in [0.3, 0.4) is 0 Å². The number of aromatic nitrogens is 3. The highest BCUT2D eigenvalue weighted by molar-refractivity contribution is 5.95. The lowest BCUT2D eigenvalue weighted by molar-refractivity contribution is -0.118. The zero-order valence-electron chi connectivity index (χ0n) is 19.4. The largest absolute Gasteiger partial charge is 0.491 e. The Hall–Kier alpha value is -3.68. The zero-order chi connectivity index (χ0) is 23.8. The second kappa shape index (κ2) is 11.3. The average molecular weight is 450 g/mol. The molecule has 4 rings (SSSR count). The molecule has 2 amide bonds. The number of fused-ring (bicyclic) bond motifs is 1. The van der Waals surface area contributed by atoms with Crippen LogP contribution in [0.5, 0.6) is 5.75 Å². The van der Waals surface area contributed by atoms with Gasteiger partial charge in [0, 0.05) is 13.5 Å². The summed E-state index contributed by atoms with van der Waals surface area (Å²) in [7, 11) is 1.82. The third kappa shape index (κ3) is 6.90. The van der Waals surface area contributed by atoms with Crippen molar-refractivity contribution in [2.75, 3.05) is 18.6 Å². The number of aromatic amines is 1. The van der Waals surface area contributed by atoms with Crippen molar-refractivity contribution in [3.05, 3.63) is 71.3 Å². The van der Waals surface area contributed by atoms with Gasteiger partial charge in [-0.2, -0.15) is 0 Å². The van der Waals surface area contributed by atoms with Gasteiger partial charge in [-0.15, -0.1) is 5.10 Å². The highest BCUT2D eigenvalue weighted by atomic mass is 16.5. The number of primary amides is 1. The maximum atomic E-state index is 11.8. The first-order valence-corrected chi connectivity index (χ1v) is 11.1. The Morgan fingerprint density at radius 1 is 1.18 bits per heavy atom. The molecular weight excluding hydrogens is 418 g/mol. The molecule has 8 nitrogen and oxygen atoms in total. The highest BCUT2D eigenvalue weighted by Gasteiger charge is 2.20. The third-order valence-electron chi connectivity index (χ3n) is 5.31. The van der Waals surface area contributed by atoms with E-state index in [1.54, 1.807) is 4.90 Å². The molecule has 174 valence electrons. The van der Waals surface area contributed by atoms with E-state index in [1.165, 1.54) is 5.56 Å². The fourth-order valence-electron chi connectivity index (χ4n) is 3.38. The fraction of sp³-hybridized carbons (Fsp3) is 0.360. The quantitative estimate of drug-likeness (QED) is 0.598. The van der Waals surface area contributed by atoms with E-state index < -0.39 is 5.91 Å². The van der Waals surface area contributed by atoms with Crippen LogP contribution in [-0.2, 0) is 17.6 Å². The van der Waals surface area contributed by atoms with E-state index in [1.807, 2.05) is 43.4 Å². The number of hydrogen-bond donors (Lipinski definition) is 2. The number of benzene rings is 2. The van der Waals surface area contributed by atoms with Crippen molar-refractivity contribution in [2.45, 2.75) is 39.5 Å². The third-order valence-corrected chi connectivity index (χ3v) is 5.31. The van der Waals surface area contributed by atoms with Crippen molar-refractivity contribution in [2.24, 2.45) is 11.7 Å². The highest BCUT2D eigenvalue weighted by Crippen LogP contribution is 2.32. The van der Waals surface area contributed by atoms with E-state index >= 15 is 0 Å². The molecule has 3 N–H and O–H groups in total. The van der Waals surface area contributed by atoms with Crippen molar-refractivity contribution < 1.29 is 14.3 Å². The minimum Gasteiger partial charge on any atom is -0.491 e. The molecule has 0 saturated heterocycles. The molecule has 0 fully saturated rings. The maximum absolute atomic E-state index is 11.8. The molecule has 33 heavy (non-hydrogen) atoms. The molecule has 0 atom stereocenters. The van der Waals surface area contributed by atoms with Crippen LogP contribution in [0.1, 0.15) is 54.3 Å². The molecule has 8 heteroatoms. The van der Waals surface area contributed by atoms with Crippen LogP contribution < -0.4 is 15.4 Å². The second-order valence-electron chi connectivity index (χ2n) is 8.42. The number of amides is 2. The van der Waals surface area contributed by atoms with Crippen LogP contribution in [0.2, 0.25) is 0 Å². The molecule has 0 bridgehead atoms. The monoisotopic (exact) mass is 449 g/mol. The molecule has 2 aromatic carbocycles. The summed E-state index contributed by atoms with van der Waals surface area (Å²) in [6.45, 7) is 4.92. The fourth-order valence-corrected chi connectivity index (χ4v) is 3.38. The van der Waals surface area contributed by atoms with E-state index in [-0.39, 0.29) is 11.7 Å². The van der Waals surface area contributed by atoms with Crippen molar-refractivity contribution >= 4 is 17.5 Å². The Bertz CT molecular complexity index is 1080. The van der Waals surface area contributed by atoms with Gasteiger partial charge in [0.2, 0.25) is 11.7 Å². The summed E-state index contributed by atoms with van der Waals surface area (Å²) < 4.78 is 5.61. The number of hydrogen-bond acceptors (Lipinski definition) is 5. The van der Waals surface area contributed by atoms with Crippen LogP contribution in [0.15, 0.2) is 48.5 Å². The van der Waals surface area contributed by atoms with Crippen LogP contribution in [0, 0.1) is 5.92 Å². The Morgan fingerprint density at radius 2 is 1.94 bits per heavy atom. The number of aryl methyl sites for hydroxylation is 1. The van der Waals surface area contributed by atoms with Crippen molar-refractivity contribution in [1.82, 2.24) is 15.2 Å². The molecule has 0 aliphatic carbocycles. The van der Waals surface area contributed by atoms with E-state index in [9.17, 15) is 9.59 Å². The number of rotatable bonds is 6. The standard InChI is InChI=1S/C15H21NO2.C10H10N4O/c1-11(2)4-5-12-6-7-14-13(10-12)16(3)15(17)8-9-18-14;11-9(15)10-12-8(13-14-10)6-7-4-2-1-3-5-7/h6-7,10-11H,4-5,8-9H2,1-3H3;1-5H,6H2,(H2,11,15)(H,12,13,14). The maximum Gasteiger partial charge on any atom is 0.288 e. The van der Waals surface area contributed by atoms with Crippen LogP contribution in [0.4, 0.5) is 5.69 Å². The van der Waals surface area contributed by atoms with Crippen LogP contribution >= 0.6 is 0 Å². The molecule has 3 aromatic rings. The summed E-state index contributed by atoms with van der Waals surface area (Å²) in [6, 6.07) is 16.0. The smallest absolute Gasteiger partial charge is 0.288 e. The van der Waals surface area contributed by atoms with E-state index in [4.69, 9.17) is 10.5 Å². The summed E-state index contributed by atoms with van der Waals surface area (Å²) in [5.74, 6) is 1.67. The minimum atomic E-state index is -0.620. The molecule has 1 aromatic heterocycles. The number of nitrogens with zero attached hydrogens (tertiary/aromatic N) is 3. The summed E-state index contributed by atoms with van der Waals surface area (Å²) in [5.41, 5.74) is 8.31. The number of nitrogens with one attached hydrogen (secondary N) is 1. The first-order chi connectivity index (χ1) is 15.8. The lowest BCUT2D eigenvalue weighted by Crippen LogP contribution is -2.25. The molecule has 0 radical (unpaired) electrons. The number of carbonyl (C=O) groups is 2. The van der Waals surface area contributed by atoms with Crippen molar-refractivity contribution in [3.8, 4) is 5.75 Å². The molecule has 1 aliphatic rings. The van der Waals surface area contributed by atoms with Gasteiger partial charge in [0.05, 0.1) is 18.7 Å². The van der Waals surface area contributed by atoms with Gasteiger partial charge in [-0.05, 0) is 42.0 Å². The lowest BCUT2D eigenvalue weighted by atomic mass is 10.0. The predicted octanol–water partition coefficient (Wildman–Crippen LogP) is 3.51. The second-order valence-corrected chi connectivity index (χ2v) is 8.42. The molecule has 0 saturated carbocycles. The van der Waals surface area contributed by atoms with Gasteiger partial charge < -0.3 is 15.4 Å². The first kappa shape index (κ1) is 24.0. The predicted molar refractivity (Wildman–Crippen MR) is 127 cm³/mol. The molecular formula is C25H31N5O3. The van der Waals surface area contributed by atoms with Gasteiger partial charge in [-0.3, -0.25) is 14.7 Å². The van der Waals surface area contributed by atoms with E-state index in [2.05, 4.69) is 41.2 Å². The number of ether oxygens (including phenoxy) is 1. The van der Waals surface area contributed by atoms with Gasteiger partial charge in [0.25, 0.3) is 5.91 Å². The molecule has 0 spiro atoms. The average Bonchev–Trinajstić information content (AvgIpc) is 3.22. The number of H-pyrrole nitrogens is 1. The van der Waals surface area contributed by atoms with E-state index in [0.717, 1.165) is 29.8 Å². The van der Waals surface area contributed by atoms with Gasteiger partial charge in [-0.25, -0.2) is 4.98 Å². The SMILES string of the molecule is CC(C)CCc1ccc2c(c1)N(C)C(=O)CCO2.NC(=O)c1n[nH]c(Cc2ccccc2)n1. The number of nitrogens with two attached hydrogens (primary N) is 1. The van der Waals surface area contributed by atoms with E-state index in [0.29, 0.717) is 31.2 Å². The van der Waals surface area contributed by atoms with Crippen molar-refractivity contribution in [1.29, 1.82) is 0 Å². The van der Waals surface area contributed by atoms with Crippen molar-refractivity contribution in [3.63, 3.8) is 0 Å². The summed E-state index contributed by atoms with van der Waals surface area (Å²) in [4.78, 5) is 28.2. The van der Waals surface area contributed by atoms with Crippen LogP contribution in [-0.4, -0.2) is 40.7 Å². The summed E-state index contributed by atoms with van der Waals surface area (Å²) in [6.07, 6.45) is 3.28. The summed E-state index contributed by atoms with van der Waals surface area (Å²) in [5, 5.41) is 6.37. The zero-order valence-corrected chi connectivity index (χ0v) is 19.4. The Balaban J connectivity index is 0.000000189. The van der Waals surface area contributed by atoms with Gasteiger partial charge in [-0.1, -0.05) is 50.2 Å². The topological polar surface area (TPSA) is 114 Å². The molecule has 1 aliphatic heterocycles. The molecule has 0 unspecified atom stereocenters. The first-order valence-electron chi connectivity index (χ1n) is 11.1.